The van der Waals surface area contributed by atoms with Crippen molar-refractivity contribution >= 4 is 11.3 Å². The van der Waals surface area contributed by atoms with E-state index in [9.17, 15) is 4.39 Å². The minimum atomic E-state index is -0.270. The molecule has 0 saturated heterocycles. The molecule has 0 aliphatic carbocycles. The quantitative estimate of drug-likeness (QED) is 0.830. The summed E-state index contributed by atoms with van der Waals surface area (Å²) in [5, 5.41) is 6.10. The Morgan fingerprint density at radius 3 is 2.72 bits per heavy atom. The Morgan fingerprint density at radius 1 is 1.22 bits per heavy atom. The molecule has 0 bridgehead atoms. The third-order valence-electron chi connectivity index (χ3n) is 2.71. The second-order valence-electron chi connectivity index (χ2n) is 4.00. The average molecular weight is 242 g/mol. The maximum atomic E-state index is 13.4. The van der Waals surface area contributed by atoms with E-state index in [2.05, 4.69) is 23.8 Å². The fourth-order valence-corrected chi connectivity index (χ4v) is 1.87. The van der Waals surface area contributed by atoms with Gasteiger partial charge in [-0.25, -0.2) is 4.39 Å². The Bertz CT molecular complexity index is 568. The van der Waals surface area contributed by atoms with Crippen LogP contribution in [-0.2, 0) is 0 Å². The summed E-state index contributed by atoms with van der Waals surface area (Å²) >= 11 is 0. The Morgan fingerprint density at radius 2 is 2.00 bits per heavy atom. The molecular weight excluding hydrogens is 227 g/mol. The highest BCUT2D eigenvalue weighted by atomic mass is 19.1. The molecule has 0 spiro atoms. The molecule has 1 heterocycles. The van der Waals surface area contributed by atoms with Crippen molar-refractivity contribution in [2.45, 2.75) is 6.92 Å². The number of halogens is 1. The van der Waals surface area contributed by atoms with Crippen LogP contribution in [0, 0.1) is 5.82 Å². The van der Waals surface area contributed by atoms with Gasteiger partial charge in [-0.1, -0.05) is 19.2 Å². The van der Waals surface area contributed by atoms with Gasteiger partial charge >= 0.3 is 0 Å². The molecule has 92 valence electrons. The van der Waals surface area contributed by atoms with E-state index in [1.165, 1.54) is 12.1 Å². The van der Waals surface area contributed by atoms with Crippen LogP contribution in [0.1, 0.15) is 18.1 Å². The van der Waals surface area contributed by atoms with Gasteiger partial charge in [-0.2, -0.15) is 0 Å². The van der Waals surface area contributed by atoms with Gasteiger partial charge in [0.1, 0.15) is 5.82 Å². The molecule has 0 aromatic heterocycles. The van der Waals surface area contributed by atoms with Gasteiger partial charge in [0.05, 0.1) is 0 Å². The Balaban J connectivity index is 2.51. The van der Waals surface area contributed by atoms with E-state index in [-0.39, 0.29) is 5.82 Å². The molecule has 1 aliphatic rings. The van der Waals surface area contributed by atoms with Crippen molar-refractivity contribution in [1.82, 2.24) is 10.6 Å². The lowest BCUT2D eigenvalue weighted by Crippen LogP contribution is -2.19. The summed E-state index contributed by atoms with van der Waals surface area (Å²) in [6.45, 7) is 9.75. The average Bonchev–Trinajstić information content (AvgIpc) is 2.33. The first-order chi connectivity index (χ1) is 8.63. The van der Waals surface area contributed by atoms with Crippen LogP contribution in [0.15, 0.2) is 55.5 Å². The summed E-state index contributed by atoms with van der Waals surface area (Å²) in [6, 6.07) is 4.64. The number of fused-ring (bicyclic) bond motifs is 1. The first-order valence-electron chi connectivity index (χ1n) is 5.66. The highest BCUT2D eigenvalue weighted by Crippen LogP contribution is 2.33. The number of rotatable bonds is 2. The van der Waals surface area contributed by atoms with Gasteiger partial charge < -0.3 is 10.6 Å². The fourth-order valence-electron chi connectivity index (χ4n) is 1.87. The summed E-state index contributed by atoms with van der Waals surface area (Å²) in [5.41, 5.74) is 3.95. The van der Waals surface area contributed by atoms with Crippen molar-refractivity contribution in [3.63, 3.8) is 0 Å². The van der Waals surface area contributed by atoms with Crippen molar-refractivity contribution in [2.75, 3.05) is 0 Å². The van der Waals surface area contributed by atoms with E-state index < -0.39 is 0 Å². The SMILES string of the molecule is C=C1NC(=C)c2ccc(F)cc2/C1=C/N/C=C/C. The highest BCUT2D eigenvalue weighted by molar-refractivity contribution is 5.91. The maximum absolute atomic E-state index is 13.4. The zero-order valence-corrected chi connectivity index (χ0v) is 10.3. The van der Waals surface area contributed by atoms with Gasteiger partial charge in [0.15, 0.2) is 0 Å². The standard InChI is InChI=1S/C15H15FN2/c1-4-7-17-9-15-11(3)18-10(2)13-6-5-12(16)8-14(13)15/h4-9,17-18H,2-3H2,1H3/b7-4+,15-9+. The van der Waals surface area contributed by atoms with Crippen LogP contribution in [0.2, 0.25) is 0 Å². The number of hydrogen-bond donors (Lipinski definition) is 2. The zero-order chi connectivity index (χ0) is 13.1. The van der Waals surface area contributed by atoms with Crippen molar-refractivity contribution in [3.05, 3.63) is 72.5 Å². The number of hydrogen-bond acceptors (Lipinski definition) is 2. The van der Waals surface area contributed by atoms with Crippen LogP contribution in [0.3, 0.4) is 0 Å². The second kappa shape index (κ2) is 4.92. The van der Waals surface area contributed by atoms with E-state index in [4.69, 9.17) is 0 Å². The molecule has 1 aromatic rings. The largest absolute Gasteiger partial charge is 0.367 e. The van der Waals surface area contributed by atoms with Crippen LogP contribution < -0.4 is 10.6 Å². The van der Waals surface area contributed by atoms with E-state index in [0.717, 1.165) is 22.4 Å². The topological polar surface area (TPSA) is 24.1 Å². The van der Waals surface area contributed by atoms with E-state index in [1.54, 1.807) is 18.5 Å². The Hall–Kier alpha value is -2.29. The number of nitrogens with one attached hydrogen (secondary N) is 2. The lowest BCUT2D eigenvalue weighted by Gasteiger charge is -2.25. The van der Waals surface area contributed by atoms with Crippen LogP contribution in [0.4, 0.5) is 4.39 Å². The first kappa shape index (κ1) is 12.2. The minimum Gasteiger partial charge on any atom is -0.367 e. The number of allylic oxidation sites excluding steroid dienone is 2. The van der Waals surface area contributed by atoms with E-state index in [0.29, 0.717) is 5.70 Å². The molecule has 0 fully saturated rings. The van der Waals surface area contributed by atoms with Gasteiger partial charge in [-0.15, -0.1) is 0 Å². The highest BCUT2D eigenvalue weighted by Gasteiger charge is 2.19. The van der Waals surface area contributed by atoms with Gasteiger partial charge in [-0.05, 0) is 36.9 Å². The van der Waals surface area contributed by atoms with Crippen molar-refractivity contribution in [2.24, 2.45) is 0 Å². The predicted octanol–water partition coefficient (Wildman–Crippen LogP) is 3.38. The van der Waals surface area contributed by atoms with Crippen LogP contribution in [-0.4, -0.2) is 0 Å². The van der Waals surface area contributed by atoms with Gasteiger partial charge in [0, 0.05) is 28.7 Å². The molecule has 0 atom stereocenters. The first-order valence-corrected chi connectivity index (χ1v) is 5.66. The van der Waals surface area contributed by atoms with Crippen LogP contribution >= 0.6 is 0 Å². The third kappa shape index (κ3) is 2.20. The fraction of sp³-hybridized carbons (Fsp3) is 0.0667. The minimum absolute atomic E-state index is 0.270. The second-order valence-corrected chi connectivity index (χ2v) is 4.00. The summed E-state index contributed by atoms with van der Waals surface area (Å²) in [7, 11) is 0. The monoisotopic (exact) mass is 242 g/mol. The molecule has 0 unspecified atom stereocenters. The van der Waals surface area contributed by atoms with Gasteiger partial charge in [0.2, 0.25) is 0 Å². The third-order valence-corrected chi connectivity index (χ3v) is 2.71. The molecular formula is C15H15FN2. The normalized spacial score (nSPS) is 16.9. The molecule has 2 rings (SSSR count). The lowest BCUT2D eigenvalue weighted by atomic mass is 9.92. The molecule has 1 aliphatic heterocycles. The maximum Gasteiger partial charge on any atom is 0.123 e. The molecule has 18 heavy (non-hydrogen) atoms. The molecule has 2 nitrogen and oxygen atoms in total. The van der Waals surface area contributed by atoms with Gasteiger partial charge in [-0.3, -0.25) is 0 Å². The lowest BCUT2D eigenvalue weighted by molar-refractivity contribution is 0.627. The molecule has 0 radical (unpaired) electrons. The summed E-state index contributed by atoms with van der Waals surface area (Å²) in [4.78, 5) is 0. The van der Waals surface area contributed by atoms with Crippen molar-refractivity contribution in [1.29, 1.82) is 0 Å². The predicted molar refractivity (Wildman–Crippen MR) is 73.6 cm³/mol. The number of benzene rings is 1. The smallest absolute Gasteiger partial charge is 0.123 e. The molecule has 0 saturated carbocycles. The Labute approximate surface area is 106 Å². The molecule has 3 heteroatoms. The van der Waals surface area contributed by atoms with Gasteiger partial charge in [0.25, 0.3) is 0 Å². The summed E-state index contributed by atoms with van der Waals surface area (Å²) < 4.78 is 13.4. The van der Waals surface area contributed by atoms with Crippen molar-refractivity contribution in [3.8, 4) is 0 Å². The molecule has 0 amide bonds. The zero-order valence-electron chi connectivity index (χ0n) is 10.3. The Kier molecular flexibility index (Phi) is 3.33. The van der Waals surface area contributed by atoms with E-state index in [1.807, 2.05) is 13.0 Å². The van der Waals surface area contributed by atoms with Crippen molar-refractivity contribution < 1.29 is 4.39 Å². The summed E-state index contributed by atoms with van der Waals surface area (Å²) in [6.07, 6.45) is 5.46. The molecule has 2 N–H and O–H groups in total. The van der Waals surface area contributed by atoms with Crippen LogP contribution in [0.25, 0.3) is 11.3 Å². The van der Waals surface area contributed by atoms with E-state index >= 15 is 0 Å². The summed E-state index contributed by atoms with van der Waals surface area (Å²) in [5.74, 6) is -0.270. The molecule has 1 aromatic carbocycles. The van der Waals surface area contributed by atoms with Crippen LogP contribution in [0.5, 0.6) is 0 Å².